The summed E-state index contributed by atoms with van der Waals surface area (Å²) >= 11 is 0. The van der Waals surface area contributed by atoms with Crippen molar-refractivity contribution in [1.29, 1.82) is 0 Å². The molecule has 0 radical (unpaired) electrons. The Morgan fingerprint density at radius 3 is 1.74 bits per heavy atom. The van der Waals surface area contributed by atoms with Crippen molar-refractivity contribution in [2.75, 3.05) is 0 Å². The van der Waals surface area contributed by atoms with Crippen LogP contribution in [0.15, 0.2) is 97.1 Å². The molecular weight excluding hydrogens is 418 g/mol. The molecule has 166 valence electrons. The Kier molecular flexibility index (Phi) is 5.79. The van der Waals surface area contributed by atoms with Crippen LogP contribution in [0.3, 0.4) is 0 Å². The van der Waals surface area contributed by atoms with Crippen LogP contribution in [0.2, 0.25) is 0 Å². The molecule has 0 saturated heterocycles. The Morgan fingerprint density at radius 2 is 1.18 bits per heavy atom. The van der Waals surface area contributed by atoms with Crippen molar-refractivity contribution in [3.05, 3.63) is 119 Å². The molecule has 0 fully saturated rings. The minimum atomic E-state index is 0.154. The van der Waals surface area contributed by atoms with Crippen LogP contribution in [0.4, 0.5) is 0 Å². The third-order valence-electron chi connectivity index (χ3n) is 5.84. The highest BCUT2D eigenvalue weighted by Crippen LogP contribution is 2.36. The molecule has 4 nitrogen and oxygen atoms in total. The average molecular weight is 444 g/mol. The minimum absolute atomic E-state index is 0.154. The molecule has 0 spiro atoms. The number of fused-ring (bicyclic) bond motifs is 1. The fourth-order valence-corrected chi connectivity index (χ4v) is 4.03. The van der Waals surface area contributed by atoms with E-state index in [2.05, 4.69) is 41.4 Å². The molecule has 5 aromatic rings. The molecule has 1 N–H and O–H groups in total. The quantitative estimate of drug-likeness (QED) is 0.291. The first kappa shape index (κ1) is 21.4. The lowest BCUT2D eigenvalue weighted by Gasteiger charge is -2.14. The summed E-state index contributed by atoms with van der Waals surface area (Å²) < 4.78 is 0. The van der Waals surface area contributed by atoms with Gasteiger partial charge in [-0.05, 0) is 65.9 Å². The number of hydrogen-bond acceptors (Lipinski definition) is 3. The normalized spacial score (nSPS) is 12.3. The molecule has 0 atom stereocenters. The Morgan fingerprint density at radius 1 is 0.676 bits per heavy atom. The van der Waals surface area contributed by atoms with Gasteiger partial charge in [-0.3, -0.25) is 0 Å². The van der Waals surface area contributed by atoms with Gasteiger partial charge in [-0.15, -0.1) is 15.0 Å². The number of rotatable bonds is 5. The van der Waals surface area contributed by atoms with E-state index in [0.717, 1.165) is 44.4 Å². The van der Waals surface area contributed by atoms with E-state index in [-0.39, 0.29) is 5.75 Å². The van der Waals surface area contributed by atoms with Gasteiger partial charge in [0.1, 0.15) is 16.7 Å². The maximum Gasteiger partial charge on any atom is 0.150 e. The van der Waals surface area contributed by atoms with E-state index in [1.165, 1.54) is 4.80 Å². The third-order valence-corrected chi connectivity index (χ3v) is 5.84. The first-order valence-electron chi connectivity index (χ1n) is 11.3. The third kappa shape index (κ3) is 4.39. The van der Waals surface area contributed by atoms with Crippen LogP contribution < -0.4 is 0 Å². The van der Waals surface area contributed by atoms with Crippen molar-refractivity contribution in [1.82, 2.24) is 15.0 Å². The van der Waals surface area contributed by atoms with Gasteiger partial charge in [-0.1, -0.05) is 84.9 Å². The topological polar surface area (TPSA) is 50.9 Å². The summed E-state index contributed by atoms with van der Waals surface area (Å²) in [5.74, 6) is 0.154. The van der Waals surface area contributed by atoms with Gasteiger partial charge in [0, 0.05) is 5.56 Å². The van der Waals surface area contributed by atoms with Crippen LogP contribution in [-0.4, -0.2) is 20.1 Å². The molecular formula is C30H25N3O. The number of hydrogen-bond donors (Lipinski definition) is 1. The van der Waals surface area contributed by atoms with Gasteiger partial charge in [-0.2, -0.15) is 0 Å². The number of phenolic OH excluding ortho intramolecular Hbond substituents is 1. The van der Waals surface area contributed by atoms with E-state index in [0.29, 0.717) is 5.69 Å². The smallest absolute Gasteiger partial charge is 0.150 e. The van der Waals surface area contributed by atoms with E-state index in [1.54, 1.807) is 0 Å². The Labute approximate surface area is 199 Å². The van der Waals surface area contributed by atoms with E-state index >= 15 is 0 Å². The molecule has 5 rings (SSSR count). The molecule has 0 saturated carbocycles. The number of aromatic nitrogens is 3. The molecule has 0 amide bonds. The second-order valence-corrected chi connectivity index (χ2v) is 8.35. The van der Waals surface area contributed by atoms with E-state index in [1.807, 2.05) is 91.9 Å². The Bertz CT molecular complexity index is 1480. The molecule has 0 aliphatic carbocycles. The summed E-state index contributed by atoms with van der Waals surface area (Å²) in [5, 5.41) is 20.6. The predicted molar refractivity (Wildman–Crippen MR) is 141 cm³/mol. The van der Waals surface area contributed by atoms with E-state index in [9.17, 15) is 5.11 Å². The van der Waals surface area contributed by atoms with E-state index in [4.69, 9.17) is 0 Å². The van der Waals surface area contributed by atoms with Gasteiger partial charge in [0.25, 0.3) is 0 Å². The molecule has 34 heavy (non-hydrogen) atoms. The first-order valence-corrected chi connectivity index (χ1v) is 11.3. The summed E-state index contributed by atoms with van der Waals surface area (Å²) in [6, 6.07) is 32.0. The summed E-state index contributed by atoms with van der Waals surface area (Å²) in [6.07, 6.45) is 4.22. The standard InChI is InChI=1S/C30H25N3O/c1-21(17-23-11-5-3-6-12-23)25-19-26(22(2)18-24-13-7-4-8-14-24)30(34)29(20-25)33-31-27-15-9-10-16-28(27)32-33/h3-20,34H,1-2H3/b21-17-,22-18-. The molecule has 1 aromatic heterocycles. The summed E-state index contributed by atoms with van der Waals surface area (Å²) in [6.45, 7) is 4.09. The molecule has 0 unspecified atom stereocenters. The highest BCUT2D eigenvalue weighted by atomic mass is 16.3. The highest BCUT2D eigenvalue weighted by molar-refractivity contribution is 5.88. The molecule has 1 heterocycles. The SMILES string of the molecule is C/C(=C/c1ccccc1)c1cc(/C(C)=C\c2ccccc2)c(O)c(-n2nc3ccccc3n2)c1. The number of nitrogens with zero attached hydrogens (tertiary/aromatic N) is 3. The van der Waals surface area contributed by atoms with Crippen LogP contribution in [0.25, 0.3) is 40.0 Å². The maximum absolute atomic E-state index is 11.4. The van der Waals surface area contributed by atoms with Crippen molar-refractivity contribution in [2.45, 2.75) is 13.8 Å². The zero-order chi connectivity index (χ0) is 23.5. The van der Waals surface area contributed by atoms with Gasteiger partial charge in [0.2, 0.25) is 0 Å². The van der Waals surface area contributed by atoms with Gasteiger partial charge in [0.05, 0.1) is 0 Å². The maximum atomic E-state index is 11.4. The highest BCUT2D eigenvalue weighted by Gasteiger charge is 2.16. The Balaban J connectivity index is 1.69. The fourth-order valence-electron chi connectivity index (χ4n) is 4.03. The van der Waals surface area contributed by atoms with Gasteiger partial charge in [-0.25, -0.2) is 0 Å². The van der Waals surface area contributed by atoms with Crippen LogP contribution in [0.5, 0.6) is 5.75 Å². The molecule has 0 aliphatic rings. The summed E-state index contributed by atoms with van der Waals surface area (Å²) in [7, 11) is 0. The number of allylic oxidation sites excluding steroid dienone is 2. The number of benzene rings is 4. The van der Waals surface area contributed by atoms with Crippen molar-refractivity contribution >= 4 is 34.3 Å². The zero-order valence-electron chi connectivity index (χ0n) is 19.2. The monoisotopic (exact) mass is 443 g/mol. The first-order chi connectivity index (χ1) is 16.6. The van der Waals surface area contributed by atoms with Gasteiger partial charge in [0.15, 0.2) is 5.75 Å². The van der Waals surface area contributed by atoms with Crippen LogP contribution in [0, 0.1) is 0 Å². The second-order valence-electron chi connectivity index (χ2n) is 8.35. The summed E-state index contributed by atoms with van der Waals surface area (Å²) in [4.78, 5) is 1.53. The predicted octanol–water partition coefficient (Wildman–Crippen LogP) is 7.25. The summed E-state index contributed by atoms with van der Waals surface area (Å²) in [5.41, 5.74) is 8.08. The average Bonchev–Trinajstić information content (AvgIpc) is 3.29. The van der Waals surface area contributed by atoms with Crippen molar-refractivity contribution in [2.24, 2.45) is 0 Å². The second kappa shape index (κ2) is 9.20. The lowest BCUT2D eigenvalue weighted by molar-refractivity contribution is 0.466. The van der Waals surface area contributed by atoms with E-state index < -0.39 is 0 Å². The zero-order valence-corrected chi connectivity index (χ0v) is 19.2. The van der Waals surface area contributed by atoms with Crippen molar-refractivity contribution in [3.63, 3.8) is 0 Å². The largest absolute Gasteiger partial charge is 0.505 e. The van der Waals surface area contributed by atoms with Gasteiger partial charge >= 0.3 is 0 Å². The molecule has 4 aromatic carbocycles. The minimum Gasteiger partial charge on any atom is -0.505 e. The lowest BCUT2D eigenvalue weighted by Crippen LogP contribution is -2.02. The lowest BCUT2D eigenvalue weighted by atomic mass is 9.96. The number of phenols is 1. The van der Waals surface area contributed by atoms with Crippen LogP contribution in [0.1, 0.15) is 36.1 Å². The number of aromatic hydroxyl groups is 1. The van der Waals surface area contributed by atoms with Crippen LogP contribution in [-0.2, 0) is 0 Å². The van der Waals surface area contributed by atoms with Gasteiger partial charge < -0.3 is 5.11 Å². The molecule has 0 bridgehead atoms. The molecule has 4 heteroatoms. The molecule has 0 aliphatic heterocycles. The van der Waals surface area contributed by atoms with Crippen LogP contribution >= 0.6 is 0 Å². The fraction of sp³-hybridized carbons (Fsp3) is 0.0667. The Hall–Kier alpha value is -4.44. The van der Waals surface area contributed by atoms with Crippen molar-refractivity contribution in [3.8, 4) is 11.4 Å². The van der Waals surface area contributed by atoms with Crippen molar-refractivity contribution < 1.29 is 5.11 Å².